The Bertz CT molecular complexity index is 1060. The molecule has 2 N–H and O–H groups in total. The van der Waals surface area contributed by atoms with Gasteiger partial charge < -0.3 is 15.0 Å². The predicted octanol–water partition coefficient (Wildman–Crippen LogP) is 3.39. The van der Waals surface area contributed by atoms with E-state index < -0.39 is 24.0 Å². The van der Waals surface area contributed by atoms with Crippen LogP contribution in [-0.4, -0.2) is 23.5 Å². The van der Waals surface area contributed by atoms with Gasteiger partial charge in [0, 0.05) is 27.1 Å². The highest BCUT2D eigenvalue weighted by Gasteiger charge is 2.15. The molecule has 3 rings (SSSR count). The lowest BCUT2D eigenvalue weighted by atomic mass is 10.1. The Kier molecular flexibility index (Phi) is 5.18. The largest absolute Gasteiger partial charge is 0.452 e. The van der Waals surface area contributed by atoms with E-state index in [-0.39, 0.29) is 5.56 Å². The second-order valence-corrected chi connectivity index (χ2v) is 6.54. The maximum absolute atomic E-state index is 12.3. The van der Waals surface area contributed by atoms with Crippen LogP contribution >= 0.6 is 15.9 Å². The summed E-state index contributed by atoms with van der Waals surface area (Å²) in [6, 6.07) is 13.4. The minimum absolute atomic E-state index is 0.122. The number of carbonyl (C=O) groups excluding carboxylic acids is 2. The number of esters is 1. The number of nitrogens with one attached hydrogen (secondary N) is 2. The van der Waals surface area contributed by atoms with Crippen LogP contribution in [0.1, 0.15) is 15.9 Å². The summed E-state index contributed by atoms with van der Waals surface area (Å²) in [6.07, 6.45) is 0. The normalized spacial score (nSPS) is 10.5. The van der Waals surface area contributed by atoms with Crippen LogP contribution in [0, 0.1) is 6.92 Å². The second kappa shape index (κ2) is 7.53. The van der Waals surface area contributed by atoms with Gasteiger partial charge in [-0.05, 0) is 36.8 Å². The van der Waals surface area contributed by atoms with Gasteiger partial charge in [0.15, 0.2) is 6.61 Å². The molecule has 26 heavy (non-hydrogen) atoms. The maximum Gasteiger partial charge on any atom is 0.339 e. The van der Waals surface area contributed by atoms with Crippen LogP contribution in [0.25, 0.3) is 10.9 Å². The number of H-pyrrole nitrogens is 1. The molecule has 1 aromatic heterocycles. The summed E-state index contributed by atoms with van der Waals surface area (Å²) in [5, 5.41) is 3.22. The van der Waals surface area contributed by atoms with Crippen molar-refractivity contribution in [2.24, 2.45) is 0 Å². The first kappa shape index (κ1) is 17.9. The lowest BCUT2D eigenvalue weighted by Gasteiger charge is -2.09. The van der Waals surface area contributed by atoms with E-state index in [0.717, 1.165) is 10.0 Å². The summed E-state index contributed by atoms with van der Waals surface area (Å²) in [4.78, 5) is 38.7. The number of benzene rings is 2. The average Bonchev–Trinajstić information content (AvgIpc) is 2.62. The third-order valence-electron chi connectivity index (χ3n) is 3.75. The third-order valence-corrected chi connectivity index (χ3v) is 4.64. The van der Waals surface area contributed by atoms with Gasteiger partial charge in [-0.25, -0.2) is 4.79 Å². The minimum atomic E-state index is -0.727. The van der Waals surface area contributed by atoms with Crippen LogP contribution in [0.4, 0.5) is 5.69 Å². The first-order chi connectivity index (χ1) is 12.4. The molecule has 0 fully saturated rings. The van der Waals surface area contributed by atoms with Crippen LogP contribution in [0.2, 0.25) is 0 Å². The minimum Gasteiger partial charge on any atom is -0.452 e. The fourth-order valence-corrected chi connectivity index (χ4v) is 2.75. The summed E-state index contributed by atoms with van der Waals surface area (Å²) in [5.41, 5.74) is 1.81. The van der Waals surface area contributed by atoms with Crippen LogP contribution < -0.4 is 10.9 Å². The molecule has 2 aromatic carbocycles. The zero-order chi connectivity index (χ0) is 18.7. The molecule has 0 saturated heterocycles. The van der Waals surface area contributed by atoms with E-state index in [1.807, 2.05) is 13.0 Å². The van der Waals surface area contributed by atoms with Gasteiger partial charge in [-0.3, -0.25) is 9.59 Å². The second-order valence-electron chi connectivity index (χ2n) is 5.68. The molecule has 6 nitrogen and oxygen atoms in total. The lowest BCUT2D eigenvalue weighted by molar-refractivity contribution is -0.119. The van der Waals surface area contributed by atoms with Crippen molar-refractivity contribution in [1.82, 2.24) is 4.98 Å². The Morgan fingerprint density at radius 2 is 1.92 bits per heavy atom. The summed E-state index contributed by atoms with van der Waals surface area (Å²) in [5.74, 6) is -1.19. The zero-order valence-electron chi connectivity index (χ0n) is 13.8. The van der Waals surface area contributed by atoms with E-state index in [4.69, 9.17) is 4.74 Å². The number of hydrogen-bond acceptors (Lipinski definition) is 4. The number of carbonyl (C=O) groups is 2. The predicted molar refractivity (Wildman–Crippen MR) is 102 cm³/mol. The van der Waals surface area contributed by atoms with E-state index in [0.29, 0.717) is 16.6 Å². The fourth-order valence-electron chi connectivity index (χ4n) is 2.50. The Morgan fingerprint density at radius 1 is 1.15 bits per heavy atom. The Balaban J connectivity index is 1.70. The molecule has 0 aliphatic heterocycles. The van der Waals surface area contributed by atoms with Crippen molar-refractivity contribution in [3.8, 4) is 0 Å². The number of fused-ring (bicyclic) bond motifs is 1. The maximum atomic E-state index is 12.3. The van der Waals surface area contributed by atoms with Crippen LogP contribution in [0.3, 0.4) is 0 Å². The molecule has 0 aliphatic rings. The SMILES string of the molecule is Cc1cc(NC(=O)COC(=O)c2cc(=O)[nH]c3ccccc23)ccc1Br. The first-order valence-corrected chi connectivity index (χ1v) is 8.58. The smallest absolute Gasteiger partial charge is 0.339 e. The number of amides is 1. The molecular weight excluding hydrogens is 400 g/mol. The van der Waals surface area contributed by atoms with E-state index in [1.54, 1.807) is 36.4 Å². The number of halogens is 1. The Labute approximate surface area is 157 Å². The van der Waals surface area contributed by atoms with Crippen molar-refractivity contribution < 1.29 is 14.3 Å². The molecule has 0 unspecified atom stereocenters. The number of anilines is 1. The van der Waals surface area contributed by atoms with Crippen molar-refractivity contribution in [2.45, 2.75) is 6.92 Å². The first-order valence-electron chi connectivity index (χ1n) is 7.79. The Hall–Kier alpha value is -2.93. The summed E-state index contributed by atoms with van der Waals surface area (Å²) < 4.78 is 6.00. The molecule has 7 heteroatoms. The molecule has 0 spiro atoms. The molecule has 1 amide bonds. The molecular formula is C19H15BrN2O4. The van der Waals surface area contributed by atoms with Gasteiger partial charge in [0.25, 0.3) is 5.91 Å². The summed E-state index contributed by atoms with van der Waals surface area (Å²) >= 11 is 3.39. The number of para-hydroxylation sites is 1. The number of rotatable bonds is 4. The standard InChI is InChI=1S/C19H15BrN2O4/c1-11-8-12(6-7-15(11)20)21-18(24)10-26-19(25)14-9-17(23)22-16-5-3-2-4-13(14)16/h2-9H,10H2,1H3,(H,21,24)(H,22,23). The quantitative estimate of drug-likeness (QED) is 0.640. The highest BCUT2D eigenvalue weighted by atomic mass is 79.9. The van der Waals surface area contributed by atoms with Crippen molar-refractivity contribution in [3.05, 3.63) is 74.5 Å². The molecule has 3 aromatic rings. The van der Waals surface area contributed by atoms with Crippen LogP contribution in [0.5, 0.6) is 0 Å². The number of aromatic amines is 1. The van der Waals surface area contributed by atoms with E-state index in [9.17, 15) is 14.4 Å². The van der Waals surface area contributed by atoms with Gasteiger partial charge in [-0.1, -0.05) is 34.1 Å². The number of ether oxygens (including phenoxy) is 1. The van der Waals surface area contributed by atoms with Crippen molar-refractivity contribution in [2.75, 3.05) is 11.9 Å². The number of aromatic nitrogens is 1. The van der Waals surface area contributed by atoms with Gasteiger partial charge in [0.1, 0.15) is 0 Å². The molecule has 0 bridgehead atoms. The van der Waals surface area contributed by atoms with Crippen LogP contribution in [-0.2, 0) is 9.53 Å². The van der Waals surface area contributed by atoms with E-state index in [1.165, 1.54) is 6.07 Å². The summed E-state index contributed by atoms with van der Waals surface area (Å²) in [6.45, 7) is 1.45. The van der Waals surface area contributed by atoms with Gasteiger partial charge in [-0.15, -0.1) is 0 Å². The highest BCUT2D eigenvalue weighted by molar-refractivity contribution is 9.10. The van der Waals surface area contributed by atoms with Gasteiger partial charge in [-0.2, -0.15) is 0 Å². The molecule has 0 atom stereocenters. The lowest BCUT2D eigenvalue weighted by Crippen LogP contribution is -2.22. The molecule has 0 radical (unpaired) electrons. The summed E-state index contributed by atoms with van der Waals surface area (Å²) in [7, 11) is 0. The molecule has 0 aliphatic carbocycles. The zero-order valence-corrected chi connectivity index (χ0v) is 15.4. The van der Waals surface area contributed by atoms with Gasteiger partial charge >= 0.3 is 5.97 Å². The average molecular weight is 415 g/mol. The van der Waals surface area contributed by atoms with Gasteiger partial charge in [0.05, 0.1) is 5.56 Å². The molecule has 0 saturated carbocycles. The van der Waals surface area contributed by atoms with E-state index in [2.05, 4.69) is 26.2 Å². The van der Waals surface area contributed by atoms with Crippen molar-refractivity contribution in [3.63, 3.8) is 0 Å². The number of pyridine rings is 1. The topological polar surface area (TPSA) is 88.3 Å². The van der Waals surface area contributed by atoms with E-state index >= 15 is 0 Å². The number of aryl methyl sites for hydroxylation is 1. The van der Waals surface area contributed by atoms with Crippen molar-refractivity contribution >= 4 is 44.4 Å². The van der Waals surface area contributed by atoms with Gasteiger partial charge in [0.2, 0.25) is 5.56 Å². The van der Waals surface area contributed by atoms with Crippen molar-refractivity contribution in [1.29, 1.82) is 0 Å². The third kappa shape index (κ3) is 4.00. The number of hydrogen-bond donors (Lipinski definition) is 2. The fraction of sp³-hybridized carbons (Fsp3) is 0.105. The van der Waals surface area contributed by atoms with Crippen LogP contribution in [0.15, 0.2) is 57.8 Å². The molecule has 132 valence electrons. The highest BCUT2D eigenvalue weighted by Crippen LogP contribution is 2.20. The molecule has 1 heterocycles. The monoisotopic (exact) mass is 414 g/mol. The Morgan fingerprint density at radius 3 is 2.69 bits per heavy atom.